The molecule has 1 unspecified atom stereocenters. The molecule has 1 saturated carbocycles. The Hall–Kier alpha value is -1.26. The zero-order chi connectivity index (χ0) is 15.2. The fourth-order valence-corrected chi connectivity index (χ4v) is 2.31. The van der Waals surface area contributed by atoms with Gasteiger partial charge < -0.3 is 10.1 Å². The van der Waals surface area contributed by atoms with E-state index in [-0.39, 0.29) is 5.91 Å². The zero-order valence-electron chi connectivity index (χ0n) is 12.6. The monoisotopic (exact) mass is 310 g/mol. The Labute approximate surface area is 131 Å². The number of ether oxygens (including phenoxy) is 1. The van der Waals surface area contributed by atoms with Crippen LogP contribution < -0.4 is 10.1 Å². The van der Waals surface area contributed by atoms with Gasteiger partial charge in [-0.05, 0) is 57.0 Å². The molecule has 5 heteroatoms. The lowest BCUT2D eigenvalue weighted by Gasteiger charge is -2.19. The Balaban J connectivity index is 1.61. The maximum Gasteiger partial charge on any atom is 0.234 e. The number of rotatable bonds is 8. The first-order valence-corrected chi connectivity index (χ1v) is 7.78. The molecule has 0 aliphatic heterocycles. The van der Waals surface area contributed by atoms with Crippen molar-refractivity contribution in [2.75, 3.05) is 26.7 Å². The molecule has 0 aromatic heterocycles. The predicted molar refractivity (Wildman–Crippen MR) is 84.8 cm³/mol. The average Bonchev–Trinajstić information content (AvgIpc) is 3.25. The fourth-order valence-electron chi connectivity index (χ4n) is 2.19. The zero-order valence-corrected chi connectivity index (χ0v) is 13.4. The topological polar surface area (TPSA) is 41.6 Å². The summed E-state index contributed by atoms with van der Waals surface area (Å²) in [5, 5.41) is 3.75. The van der Waals surface area contributed by atoms with Crippen LogP contribution in [-0.2, 0) is 4.79 Å². The molecule has 21 heavy (non-hydrogen) atoms. The van der Waals surface area contributed by atoms with Crippen LogP contribution in [0.2, 0.25) is 5.02 Å². The number of nitrogens with zero attached hydrogens (tertiary/aromatic N) is 1. The van der Waals surface area contributed by atoms with Gasteiger partial charge >= 0.3 is 0 Å². The standard InChI is InChI=1S/C16H23ClN2O2/c1-12(13-3-4-13)18-16(20)11-19(2)9-10-21-15-7-5-14(17)6-8-15/h5-8,12-13H,3-4,9-11H2,1-2H3,(H,18,20). The maximum atomic E-state index is 11.9. The predicted octanol–water partition coefficient (Wildman–Crippen LogP) is 2.57. The van der Waals surface area contributed by atoms with Crippen molar-refractivity contribution in [2.45, 2.75) is 25.8 Å². The maximum absolute atomic E-state index is 11.9. The molecule has 1 amide bonds. The second-order valence-corrected chi connectivity index (χ2v) is 6.17. The molecule has 0 bridgehead atoms. The van der Waals surface area contributed by atoms with Crippen LogP contribution in [0.4, 0.5) is 0 Å². The van der Waals surface area contributed by atoms with Gasteiger partial charge in [-0.3, -0.25) is 9.69 Å². The van der Waals surface area contributed by atoms with E-state index in [0.717, 1.165) is 5.75 Å². The second-order valence-electron chi connectivity index (χ2n) is 5.73. The summed E-state index contributed by atoms with van der Waals surface area (Å²) in [6, 6.07) is 7.58. The van der Waals surface area contributed by atoms with Crippen molar-refractivity contribution >= 4 is 17.5 Å². The summed E-state index contributed by atoms with van der Waals surface area (Å²) in [5.41, 5.74) is 0. The number of carbonyl (C=O) groups excluding carboxylic acids is 1. The van der Waals surface area contributed by atoms with Gasteiger partial charge in [-0.15, -0.1) is 0 Å². The van der Waals surface area contributed by atoms with Gasteiger partial charge in [0.25, 0.3) is 0 Å². The minimum absolute atomic E-state index is 0.0865. The molecule has 4 nitrogen and oxygen atoms in total. The third-order valence-corrected chi connectivity index (χ3v) is 3.94. The quantitative estimate of drug-likeness (QED) is 0.802. The van der Waals surface area contributed by atoms with Gasteiger partial charge in [-0.2, -0.15) is 0 Å². The van der Waals surface area contributed by atoms with Gasteiger partial charge in [-0.25, -0.2) is 0 Å². The van der Waals surface area contributed by atoms with Crippen molar-refractivity contribution in [2.24, 2.45) is 5.92 Å². The van der Waals surface area contributed by atoms with Crippen molar-refractivity contribution in [3.63, 3.8) is 0 Å². The third-order valence-electron chi connectivity index (χ3n) is 3.69. The van der Waals surface area contributed by atoms with Crippen LogP contribution in [-0.4, -0.2) is 43.6 Å². The van der Waals surface area contributed by atoms with E-state index in [4.69, 9.17) is 16.3 Å². The Kier molecular flexibility index (Phi) is 5.88. The molecule has 2 rings (SSSR count). The SMILES string of the molecule is CC(NC(=O)CN(C)CCOc1ccc(Cl)cc1)C1CC1. The first kappa shape index (κ1) is 16.1. The lowest BCUT2D eigenvalue weighted by Crippen LogP contribution is -2.41. The van der Waals surface area contributed by atoms with Gasteiger partial charge in [0, 0.05) is 17.6 Å². The van der Waals surface area contributed by atoms with Crippen molar-refractivity contribution in [1.82, 2.24) is 10.2 Å². The lowest BCUT2D eigenvalue weighted by atomic mass is 10.2. The van der Waals surface area contributed by atoms with Crippen LogP contribution in [0.25, 0.3) is 0 Å². The minimum atomic E-state index is 0.0865. The first-order chi connectivity index (χ1) is 10.0. The van der Waals surface area contributed by atoms with E-state index in [2.05, 4.69) is 12.2 Å². The summed E-state index contributed by atoms with van der Waals surface area (Å²) < 4.78 is 5.61. The molecule has 0 heterocycles. The molecule has 0 saturated heterocycles. The highest BCUT2D eigenvalue weighted by Crippen LogP contribution is 2.32. The number of amides is 1. The van der Waals surface area contributed by atoms with Gasteiger partial charge in [0.05, 0.1) is 6.54 Å². The van der Waals surface area contributed by atoms with E-state index in [0.29, 0.717) is 36.7 Å². The molecule has 1 aliphatic rings. The smallest absolute Gasteiger partial charge is 0.234 e. The summed E-state index contributed by atoms with van der Waals surface area (Å²) in [7, 11) is 1.92. The molecule has 1 aromatic carbocycles. The fraction of sp³-hybridized carbons (Fsp3) is 0.562. The van der Waals surface area contributed by atoms with Crippen LogP contribution in [0, 0.1) is 5.92 Å². The number of carbonyl (C=O) groups is 1. The Morgan fingerprint density at radius 1 is 1.43 bits per heavy atom. The molecular formula is C16H23ClN2O2. The number of halogens is 1. The van der Waals surface area contributed by atoms with E-state index in [1.807, 2.05) is 24.1 Å². The van der Waals surface area contributed by atoms with E-state index in [1.165, 1.54) is 12.8 Å². The normalized spacial score (nSPS) is 15.8. The minimum Gasteiger partial charge on any atom is -0.492 e. The molecule has 0 radical (unpaired) electrons. The average molecular weight is 311 g/mol. The van der Waals surface area contributed by atoms with Gasteiger partial charge in [0.1, 0.15) is 12.4 Å². The first-order valence-electron chi connectivity index (χ1n) is 7.41. The van der Waals surface area contributed by atoms with Crippen molar-refractivity contribution < 1.29 is 9.53 Å². The van der Waals surface area contributed by atoms with Crippen molar-refractivity contribution in [3.8, 4) is 5.75 Å². The van der Waals surface area contributed by atoms with Crippen LogP contribution in [0.5, 0.6) is 5.75 Å². The molecule has 1 fully saturated rings. The second kappa shape index (κ2) is 7.66. The molecular weight excluding hydrogens is 288 g/mol. The van der Waals surface area contributed by atoms with Crippen LogP contribution >= 0.6 is 11.6 Å². The van der Waals surface area contributed by atoms with Crippen LogP contribution in [0.3, 0.4) is 0 Å². The number of hydrogen-bond acceptors (Lipinski definition) is 3. The molecule has 1 N–H and O–H groups in total. The summed E-state index contributed by atoms with van der Waals surface area (Å²) in [6.07, 6.45) is 2.48. The highest BCUT2D eigenvalue weighted by molar-refractivity contribution is 6.30. The number of hydrogen-bond donors (Lipinski definition) is 1. The highest BCUT2D eigenvalue weighted by atomic mass is 35.5. The van der Waals surface area contributed by atoms with E-state index >= 15 is 0 Å². The largest absolute Gasteiger partial charge is 0.492 e. The van der Waals surface area contributed by atoms with Gasteiger partial charge in [0.2, 0.25) is 5.91 Å². The molecule has 1 aromatic rings. The molecule has 1 aliphatic carbocycles. The highest BCUT2D eigenvalue weighted by Gasteiger charge is 2.28. The van der Waals surface area contributed by atoms with Crippen molar-refractivity contribution in [1.29, 1.82) is 0 Å². The Bertz CT molecular complexity index is 460. The molecule has 116 valence electrons. The number of nitrogens with one attached hydrogen (secondary N) is 1. The summed E-state index contributed by atoms with van der Waals surface area (Å²) >= 11 is 5.81. The lowest BCUT2D eigenvalue weighted by molar-refractivity contribution is -0.122. The number of likely N-dealkylation sites (N-methyl/N-ethyl adjacent to an activating group) is 1. The molecule has 1 atom stereocenters. The van der Waals surface area contributed by atoms with Crippen molar-refractivity contribution in [3.05, 3.63) is 29.3 Å². The number of benzene rings is 1. The third kappa shape index (κ3) is 5.94. The van der Waals surface area contributed by atoms with Gasteiger partial charge in [-0.1, -0.05) is 11.6 Å². The van der Waals surface area contributed by atoms with Gasteiger partial charge in [0.15, 0.2) is 0 Å². The summed E-state index contributed by atoms with van der Waals surface area (Å²) in [6.45, 7) is 3.73. The summed E-state index contributed by atoms with van der Waals surface area (Å²) in [5.74, 6) is 1.57. The van der Waals surface area contributed by atoms with E-state index in [9.17, 15) is 4.79 Å². The Morgan fingerprint density at radius 3 is 2.71 bits per heavy atom. The van der Waals surface area contributed by atoms with E-state index < -0.39 is 0 Å². The molecule has 0 spiro atoms. The van der Waals surface area contributed by atoms with Crippen LogP contribution in [0.15, 0.2) is 24.3 Å². The summed E-state index contributed by atoms with van der Waals surface area (Å²) in [4.78, 5) is 13.8. The Morgan fingerprint density at radius 2 is 2.10 bits per heavy atom. The van der Waals surface area contributed by atoms with Crippen LogP contribution in [0.1, 0.15) is 19.8 Å². The van der Waals surface area contributed by atoms with E-state index in [1.54, 1.807) is 12.1 Å².